The summed E-state index contributed by atoms with van der Waals surface area (Å²) in [5.41, 5.74) is 5.63. The number of nitrogens with zero attached hydrogens (tertiary/aromatic N) is 3. The highest BCUT2D eigenvalue weighted by molar-refractivity contribution is 5.74. The van der Waals surface area contributed by atoms with E-state index in [4.69, 9.17) is 15.2 Å². The molecule has 11 heteroatoms. The number of aromatic nitrogens is 2. The van der Waals surface area contributed by atoms with Gasteiger partial charge in [-0.05, 0) is 67.3 Å². The average Bonchev–Trinajstić information content (AvgIpc) is 2.92. The van der Waals surface area contributed by atoms with Crippen molar-refractivity contribution in [1.29, 1.82) is 0 Å². The van der Waals surface area contributed by atoms with E-state index in [0.717, 1.165) is 24.5 Å². The van der Waals surface area contributed by atoms with Crippen molar-refractivity contribution < 1.29 is 32.5 Å². The molecule has 2 aromatic rings. The van der Waals surface area contributed by atoms with Gasteiger partial charge in [-0.25, -0.2) is 4.79 Å². The van der Waals surface area contributed by atoms with Gasteiger partial charge < -0.3 is 25.2 Å². The second-order valence-electron chi connectivity index (χ2n) is 9.36. The zero-order valence-electron chi connectivity index (χ0n) is 21.1. The van der Waals surface area contributed by atoms with Crippen molar-refractivity contribution in [2.45, 2.75) is 57.9 Å². The van der Waals surface area contributed by atoms with Crippen molar-refractivity contribution in [3.05, 3.63) is 47.5 Å². The molecule has 0 radical (unpaired) electrons. The van der Waals surface area contributed by atoms with Crippen molar-refractivity contribution in [3.8, 4) is 17.0 Å². The molecule has 0 saturated carbocycles. The molecule has 0 saturated heterocycles. The van der Waals surface area contributed by atoms with Gasteiger partial charge >= 0.3 is 12.3 Å². The van der Waals surface area contributed by atoms with Crippen molar-refractivity contribution in [1.82, 2.24) is 10.2 Å². The van der Waals surface area contributed by atoms with Crippen LogP contribution in [-0.4, -0.2) is 47.7 Å². The van der Waals surface area contributed by atoms with Crippen LogP contribution < -0.4 is 10.6 Å². The monoisotopic (exact) mass is 522 g/mol. The first kappa shape index (κ1) is 28.2. The Kier molecular flexibility index (Phi) is 9.36. The Morgan fingerprint density at radius 3 is 2.73 bits per heavy atom. The van der Waals surface area contributed by atoms with Crippen LogP contribution in [0.15, 0.2) is 30.9 Å². The van der Waals surface area contributed by atoms with Gasteiger partial charge in [-0.3, -0.25) is 0 Å². The number of rotatable bonds is 9. The summed E-state index contributed by atoms with van der Waals surface area (Å²) >= 11 is 0. The highest BCUT2D eigenvalue weighted by Crippen LogP contribution is 2.41. The molecule has 3 N–H and O–H groups in total. The summed E-state index contributed by atoms with van der Waals surface area (Å²) in [5.74, 6) is 0.198. The molecule has 8 nitrogen and oxygen atoms in total. The van der Waals surface area contributed by atoms with Gasteiger partial charge in [0.1, 0.15) is 11.4 Å². The summed E-state index contributed by atoms with van der Waals surface area (Å²) in [6, 6.07) is 3.61. The van der Waals surface area contributed by atoms with Crippen molar-refractivity contribution >= 4 is 11.9 Å². The summed E-state index contributed by atoms with van der Waals surface area (Å²) < 4.78 is 50.5. The van der Waals surface area contributed by atoms with E-state index in [1.54, 1.807) is 0 Å². The van der Waals surface area contributed by atoms with Gasteiger partial charge in [0.25, 0.3) is 0 Å². The standard InChI is InChI=1S/C26H33F3N4O4/c1-4-6-20(9-8-16(2)14-37-25(30)35)33(3)22-12-17-7-5-10-36-15-18-11-19(26(27,28)29)13-21(34)23(18)24(17)32-31-22/h4,11-13,16,20,34H,1,5-10,14-15H2,2-3H3,(H2,30,35)/t16-,20-/m0/s1. The number of nitrogens with two attached hydrogens (primary N) is 1. The first-order valence-corrected chi connectivity index (χ1v) is 12.1. The van der Waals surface area contributed by atoms with Crippen molar-refractivity contribution in [3.63, 3.8) is 0 Å². The fourth-order valence-electron chi connectivity index (χ4n) is 4.41. The predicted molar refractivity (Wildman–Crippen MR) is 133 cm³/mol. The first-order valence-electron chi connectivity index (χ1n) is 12.1. The number of hydrogen-bond donors (Lipinski definition) is 2. The molecule has 0 fully saturated rings. The number of benzene rings is 1. The smallest absolute Gasteiger partial charge is 0.416 e. The normalized spacial score (nSPS) is 15.3. The van der Waals surface area contributed by atoms with Gasteiger partial charge in [0.05, 0.1) is 18.8 Å². The number of primary amides is 1. The molecule has 3 rings (SSSR count). The Labute approximate surface area is 214 Å². The van der Waals surface area contributed by atoms with Crippen LogP contribution in [-0.2, 0) is 28.7 Å². The SMILES string of the molecule is C=CC[C@@H](CC[C@H](C)COC(N)=O)N(C)c1cc2c(nn1)-c1c(O)cc(C(F)(F)F)cc1COCCC2. The highest BCUT2D eigenvalue weighted by atomic mass is 19.4. The molecule has 0 unspecified atom stereocenters. The Bertz CT molecular complexity index is 1110. The van der Waals surface area contributed by atoms with Crippen molar-refractivity contribution in [2.24, 2.45) is 11.7 Å². The Morgan fingerprint density at radius 2 is 2.05 bits per heavy atom. The van der Waals surface area contributed by atoms with E-state index < -0.39 is 23.6 Å². The lowest BCUT2D eigenvalue weighted by molar-refractivity contribution is -0.137. The zero-order valence-corrected chi connectivity index (χ0v) is 21.1. The Balaban J connectivity index is 1.91. The van der Waals surface area contributed by atoms with Gasteiger partial charge in [-0.2, -0.15) is 13.2 Å². The lowest BCUT2D eigenvalue weighted by atomic mass is 9.95. The van der Waals surface area contributed by atoms with Crippen LogP contribution in [0, 0.1) is 5.92 Å². The maximum absolute atomic E-state index is 13.3. The average molecular weight is 523 g/mol. The second kappa shape index (κ2) is 12.3. The van der Waals surface area contributed by atoms with E-state index in [-0.39, 0.29) is 36.3 Å². The maximum atomic E-state index is 13.3. The summed E-state index contributed by atoms with van der Waals surface area (Å²) in [6.45, 7) is 6.34. The third-order valence-corrected chi connectivity index (χ3v) is 6.47. The molecule has 1 amide bonds. The van der Waals surface area contributed by atoms with Crippen LogP contribution in [0.4, 0.5) is 23.8 Å². The number of anilines is 1. The predicted octanol–water partition coefficient (Wildman–Crippen LogP) is 5.22. The lowest BCUT2D eigenvalue weighted by Crippen LogP contribution is -2.33. The minimum Gasteiger partial charge on any atom is -0.507 e. The summed E-state index contributed by atoms with van der Waals surface area (Å²) in [7, 11) is 1.90. The van der Waals surface area contributed by atoms with Crippen LogP contribution >= 0.6 is 0 Å². The minimum absolute atomic E-state index is 0.0376. The number of amides is 1. The third-order valence-electron chi connectivity index (χ3n) is 6.47. The summed E-state index contributed by atoms with van der Waals surface area (Å²) in [5, 5.41) is 19.4. The van der Waals surface area contributed by atoms with Gasteiger partial charge in [0, 0.05) is 25.3 Å². The molecule has 1 aromatic carbocycles. The molecule has 2 atom stereocenters. The van der Waals surface area contributed by atoms with E-state index in [1.807, 2.05) is 31.0 Å². The van der Waals surface area contributed by atoms with E-state index in [9.17, 15) is 23.1 Å². The van der Waals surface area contributed by atoms with Crippen LogP contribution in [0.25, 0.3) is 11.3 Å². The minimum atomic E-state index is -4.60. The molecule has 1 aliphatic rings. The molecule has 1 aliphatic heterocycles. The molecule has 0 spiro atoms. The molecule has 202 valence electrons. The molecule has 0 bridgehead atoms. The van der Waals surface area contributed by atoms with Crippen LogP contribution in [0.3, 0.4) is 0 Å². The van der Waals surface area contributed by atoms with E-state index >= 15 is 0 Å². The number of carbonyl (C=O) groups is 1. The number of phenolic OH excluding ortho intramolecular Hbond substituents is 1. The number of aryl methyl sites for hydroxylation is 1. The number of fused-ring (bicyclic) bond motifs is 3. The number of halogens is 3. The molecular weight excluding hydrogens is 489 g/mol. The number of phenols is 1. The quantitative estimate of drug-likeness (QED) is 0.434. The number of alkyl halides is 3. The van der Waals surface area contributed by atoms with Crippen molar-refractivity contribution in [2.75, 3.05) is 25.2 Å². The summed E-state index contributed by atoms with van der Waals surface area (Å²) in [4.78, 5) is 12.9. The fraction of sp³-hybridized carbons (Fsp3) is 0.500. The van der Waals surface area contributed by atoms with Gasteiger partial charge in [0.15, 0.2) is 5.82 Å². The number of hydrogen-bond acceptors (Lipinski definition) is 7. The Hall–Kier alpha value is -3.34. The number of aromatic hydroxyl groups is 1. The molecule has 2 heterocycles. The van der Waals surface area contributed by atoms with Crippen LogP contribution in [0.2, 0.25) is 0 Å². The van der Waals surface area contributed by atoms with Gasteiger partial charge in [-0.15, -0.1) is 16.8 Å². The Morgan fingerprint density at radius 1 is 1.30 bits per heavy atom. The third kappa shape index (κ3) is 7.34. The lowest BCUT2D eigenvalue weighted by Gasteiger charge is -2.29. The molecule has 37 heavy (non-hydrogen) atoms. The van der Waals surface area contributed by atoms with Crippen LogP contribution in [0.5, 0.6) is 5.75 Å². The molecule has 0 aliphatic carbocycles. The van der Waals surface area contributed by atoms with Gasteiger partial charge in [-0.1, -0.05) is 13.0 Å². The van der Waals surface area contributed by atoms with E-state index in [1.165, 1.54) is 0 Å². The topological polar surface area (TPSA) is 111 Å². The number of ether oxygens (including phenoxy) is 2. The van der Waals surface area contributed by atoms with E-state index in [0.29, 0.717) is 43.4 Å². The first-order chi connectivity index (χ1) is 17.5. The molecule has 1 aromatic heterocycles. The highest BCUT2D eigenvalue weighted by Gasteiger charge is 2.33. The van der Waals surface area contributed by atoms with Gasteiger partial charge in [0.2, 0.25) is 0 Å². The van der Waals surface area contributed by atoms with Crippen LogP contribution in [0.1, 0.15) is 49.3 Å². The zero-order chi connectivity index (χ0) is 27.2. The molecular formula is C26H33F3N4O4. The fourth-order valence-corrected chi connectivity index (χ4v) is 4.41. The largest absolute Gasteiger partial charge is 0.507 e. The second-order valence-corrected chi connectivity index (χ2v) is 9.36. The van der Waals surface area contributed by atoms with E-state index in [2.05, 4.69) is 16.8 Å². The summed E-state index contributed by atoms with van der Waals surface area (Å²) in [6.07, 6.45) is -0.176. The maximum Gasteiger partial charge on any atom is 0.416 e. The number of carbonyl (C=O) groups excluding carboxylic acids is 1.